The summed E-state index contributed by atoms with van der Waals surface area (Å²) in [5, 5.41) is 9.12. The first-order valence-electron chi connectivity index (χ1n) is 5.91. The van der Waals surface area contributed by atoms with Gasteiger partial charge in [-0.25, -0.2) is 4.79 Å². The Morgan fingerprint density at radius 1 is 1.44 bits per heavy atom. The van der Waals surface area contributed by atoms with Crippen LogP contribution in [0.1, 0.15) is 40.0 Å². The van der Waals surface area contributed by atoms with Gasteiger partial charge in [0.25, 0.3) is 0 Å². The molecule has 1 rings (SSSR count). The number of likely N-dealkylation sites (tertiary alicyclic amines) is 1. The maximum Gasteiger partial charge on any atom is 0.326 e. The monoisotopic (exact) mass is 227 g/mol. The zero-order valence-corrected chi connectivity index (χ0v) is 10.3. The van der Waals surface area contributed by atoms with Crippen LogP contribution in [0, 0.1) is 11.8 Å². The van der Waals surface area contributed by atoms with Gasteiger partial charge in [0.05, 0.1) is 0 Å². The van der Waals surface area contributed by atoms with Crippen molar-refractivity contribution in [3.8, 4) is 0 Å². The lowest BCUT2D eigenvalue weighted by Gasteiger charge is -2.37. The summed E-state index contributed by atoms with van der Waals surface area (Å²) in [6, 6.07) is -0.616. The van der Waals surface area contributed by atoms with Crippen molar-refractivity contribution in [2.75, 3.05) is 6.54 Å². The Kier molecular flexibility index (Phi) is 4.33. The molecular formula is C12H21NO3. The third kappa shape index (κ3) is 3.22. The molecule has 0 aromatic carbocycles. The summed E-state index contributed by atoms with van der Waals surface area (Å²) >= 11 is 0. The molecule has 2 atom stereocenters. The number of carboxylic acid groups (broad SMARTS) is 1. The fraction of sp³-hybridized carbons (Fsp3) is 0.833. The predicted octanol–water partition coefficient (Wildman–Crippen LogP) is 1.74. The molecule has 1 N–H and O–H groups in total. The summed E-state index contributed by atoms with van der Waals surface area (Å²) < 4.78 is 0. The van der Waals surface area contributed by atoms with Crippen LogP contribution in [0.3, 0.4) is 0 Å². The zero-order valence-electron chi connectivity index (χ0n) is 10.3. The smallest absolute Gasteiger partial charge is 0.326 e. The topological polar surface area (TPSA) is 57.6 Å². The molecule has 16 heavy (non-hydrogen) atoms. The number of piperidine rings is 1. The van der Waals surface area contributed by atoms with Gasteiger partial charge in [0.15, 0.2) is 0 Å². The number of carbonyl (C=O) groups excluding carboxylic acids is 1. The van der Waals surface area contributed by atoms with E-state index >= 15 is 0 Å². The number of hydrogen-bond donors (Lipinski definition) is 1. The normalized spacial score (nSPS) is 25.9. The van der Waals surface area contributed by atoms with Crippen LogP contribution < -0.4 is 0 Å². The van der Waals surface area contributed by atoms with E-state index < -0.39 is 12.0 Å². The molecule has 1 saturated heterocycles. The number of carboxylic acids is 1. The van der Waals surface area contributed by atoms with E-state index in [1.165, 1.54) is 11.8 Å². The fourth-order valence-electron chi connectivity index (χ4n) is 2.53. The van der Waals surface area contributed by atoms with Crippen LogP contribution in [0.5, 0.6) is 0 Å². The summed E-state index contributed by atoms with van der Waals surface area (Å²) in [6.07, 6.45) is 2.59. The molecule has 1 fully saturated rings. The van der Waals surface area contributed by atoms with Gasteiger partial charge in [-0.15, -0.1) is 0 Å². The maximum atomic E-state index is 11.3. The van der Waals surface area contributed by atoms with E-state index in [1.54, 1.807) is 0 Å². The molecule has 1 aliphatic rings. The minimum absolute atomic E-state index is 0.129. The van der Waals surface area contributed by atoms with Crippen molar-refractivity contribution in [1.29, 1.82) is 0 Å². The second-order valence-electron chi connectivity index (χ2n) is 5.09. The molecule has 4 nitrogen and oxygen atoms in total. The van der Waals surface area contributed by atoms with Gasteiger partial charge in [0, 0.05) is 13.5 Å². The van der Waals surface area contributed by atoms with Crippen molar-refractivity contribution < 1.29 is 14.7 Å². The number of nitrogens with zero attached hydrogens (tertiary/aromatic N) is 1. The minimum atomic E-state index is -0.872. The molecule has 0 aromatic rings. The van der Waals surface area contributed by atoms with Crippen LogP contribution in [0.4, 0.5) is 0 Å². The van der Waals surface area contributed by atoms with Crippen molar-refractivity contribution in [2.45, 2.75) is 46.1 Å². The van der Waals surface area contributed by atoms with Gasteiger partial charge in [0.1, 0.15) is 6.04 Å². The highest BCUT2D eigenvalue weighted by molar-refractivity contribution is 5.82. The molecule has 1 aliphatic heterocycles. The lowest BCUT2D eigenvalue weighted by Crippen LogP contribution is -2.49. The number of amides is 1. The van der Waals surface area contributed by atoms with E-state index in [2.05, 4.69) is 13.8 Å². The number of hydrogen-bond acceptors (Lipinski definition) is 2. The van der Waals surface area contributed by atoms with Crippen LogP contribution in [0.15, 0.2) is 0 Å². The molecule has 0 radical (unpaired) electrons. The van der Waals surface area contributed by atoms with Gasteiger partial charge in [-0.3, -0.25) is 4.79 Å². The third-order valence-electron chi connectivity index (χ3n) is 3.21. The molecule has 0 unspecified atom stereocenters. The Balaban J connectivity index is 2.65. The SMILES string of the molecule is CC(=O)N1CC[C@@H](CC(C)C)C[C@H]1C(=O)O. The Bertz CT molecular complexity index is 275. The van der Waals surface area contributed by atoms with E-state index in [4.69, 9.17) is 5.11 Å². The van der Waals surface area contributed by atoms with Crippen LogP contribution in [0.2, 0.25) is 0 Å². The van der Waals surface area contributed by atoms with Gasteiger partial charge in [0.2, 0.25) is 5.91 Å². The molecule has 0 aliphatic carbocycles. The molecule has 4 heteroatoms. The number of aliphatic carboxylic acids is 1. The van der Waals surface area contributed by atoms with Crippen molar-refractivity contribution in [2.24, 2.45) is 11.8 Å². The molecular weight excluding hydrogens is 206 g/mol. The first kappa shape index (κ1) is 13.0. The minimum Gasteiger partial charge on any atom is -0.480 e. The van der Waals surface area contributed by atoms with Crippen molar-refractivity contribution in [3.05, 3.63) is 0 Å². The summed E-state index contributed by atoms with van der Waals surface area (Å²) in [7, 11) is 0. The molecule has 0 bridgehead atoms. The van der Waals surface area contributed by atoms with Crippen LogP contribution in [-0.2, 0) is 9.59 Å². The molecule has 1 heterocycles. The predicted molar refractivity (Wildman–Crippen MR) is 61.0 cm³/mol. The number of carbonyl (C=O) groups is 2. The third-order valence-corrected chi connectivity index (χ3v) is 3.21. The average molecular weight is 227 g/mol. The average Bonchev–Trinajstić information content (AvgIpc) is 2.16. The van der Waals surface area contributed by atoms with Crippen molar-refractivity contribution >= 4 is 11.9 Å². The molecule has 0 spiro atoms. The second-order valence-corrected chi connectivity index (χ2v) is 5.09. The Morgan fingerprint density at radius 3 is 2.50 bits per heavy atom. The van der Waals surface area contributed by atoms with Crippen LogP contribution in [0.25, 0.3) is 0 Å². The lowest BCUT2D eigenvalue weighted by atomic mass is 9.85. The van der Waals surface area contributed by atoms with Crippen molar-refractivity contribution in [1.82, 2.24) is 4.90 Å². The Labute approximate surface area is 96.6 Å². The van der Waals surface area contributed by atoms with Crippen molar-refractivity contribution in [3.63, 3.8) is 0 Å². The molecule has 0 aromatic heterocycles. The highest BCUT2D eigenvalue weighted by Crippen LogP contribution is 2.28. The van der Waals surface area contributed by atoms with Gasteiger partial charge in [-0.05, 0) is 31.1 Å². The van der Waals surface area contributed by atoms with Gasteiger partial charge < -0.3 is 10.0 Å². The second kappa shape index (κ2) is 5.32. The van der Waals surface area contributed by atoms with E-state index in [9.17, 15) is 9.59 Å². The standard InChI is InChI=1S/C12H21NO3/c1-8(2)6-10-4-5-13(9(3)14)11(7-10)12(15)16/h8,10-11H,4-7H2,1-3H3,(H,15,16)/t10-,11-/m0/s1. The summed E-state index contributed by atoms with van der Waals surface area (Å²) in [4.78, 5) is 23.9. The van der Waals surface area contributed by atoms with E-state index in [-0.39, 0.29) is 5.91 Å². The first-order valence-corrected chi connectivity index (χ1v) is 5.91. The van der Waals surface area contributed by atoms with Crippen LogP contribution >= 0.6 is 0 Å². The summed E-state index contributed by atoms with van der Waals surface area (Å²) in [6.45, 7) is 6.32. The van der Waals surface area contributed by atoms with Crippen LogP contribution in [-0.4, -0.2) is 34.5 Å². The summed E-state index contributed by atoms with van der Waals surface area (Å²) in [5.41, 5.74) is 0. The Morgan fingerprint density at radius 2 is 2.06 bits per heavy atom. The Hall–Kier alpha value is -1.06. The molecule has 1 amide bonds. The fourth-order valence-corrected chi connectivity index (χ4v) is 2.53. The first-order chi connectivity index (χ1) is 7.41. The quantitative estimate of drug-likeness (QED) is 0.799. The highest BCUT2D eigenvalue weighted by Gasteiger charge is 2.34. The lowest BCUT2D eigenvalue weighted by molar-refractivity contribution is -0.152. The highest BCUT2D eigenvalue weighted by atomic mass is 16.4. The van der Waals surface area contributed by atoms with E-state index in [0.29, 0.717) is 24.8 Å². The van der Waals surface area contributed by atoms with E-state index in [1.807, 2.05) is 0 Å². The van der Waals surface area contributed by atoms with E-state index in [0.717, 1.165) is 12.8 Å². The molecule has 92 valence electrons. The van der Waals surface area contributed by atoms with Gasteiger partial charge in [-0.1, -0.05) is 13.8 Å². The molecule has 0 saturated carbocycles. The number of rotatable bonds is 3. The van der Waals surface area contributed by atoms with Gasteiger partial charge >= 0.3 is 5.97 Å². The maximum absolute atomic E-state index is 11.3. The largest absolute Gasteiger partial charge is 0.480 e. The summed E-state index contributed by atoms with van der Waals surface area (Å²) in [5.74, 6) is 0.0269. The zero-order chi connectivity index (χ0) is 12.3. The van der Waals surface area contributed by atoms with Gasteiger partial charge in [-0.2, -0.15) is 0 Å².